The smallest absolute Gasteiger partial charge is 0.240 e. The number of hydrogen-bond donors (Lipinski definition) is 1. The quantitative estimate of drug-likeness (QED) is 0.870. The van der Waals surface area contributed by atoms with Gasteiger partial charge in [-0.2, -0.15) is 4.98 Å². The van der Waals surface area contributed by atoms with Crippen molar-refractivity contribution in [2.24, 2.45) is 0 Å². The number of rotatable bonds is 6. The van der Waals surface area contributed by atoms with Gasteiger partial charge in [-0.15, -0.1) is 0 Å². The maximum atomic E-state index is 5.78. The van der Waals surface area contributed by atoms with Crippen molar-refractivity contribution in [3.8, 4) is 11.8 Å². The van der Waals surface area contributed by atoms with Gasteiger partial charge in [0.25, 0.3) is 0 Å². The molecule has 0 saturated carbocycles. The van der Waals surface area contributed by atoms with Crippen LogP contribution in [0, 0.1) is 0 Å². The largest absolute Gasteiger partial charge is 0.480 e. The lowest BCUT2D eigenvalue weighted by atomic mass is 10.1. The fourth-order valence-electron chi connectivity index (χ4n) is 1.97. The van der Waals surface area contributed by atoms with Gasteiger partial charge < -0.3 is 19.2 Å². The molecule has 0 bridgehead atoms. The summed E-state index contributed by atoms with van der Waals surface area (Å²) in [5, 5.41) is 3.17. The second-order valence-corrected chi connectivity index (χ2v) is 4.19. The van der Waals surface area contributed by atoms with Gasteiger partial charge in [0.2, 0.25) is 11.8 Å². The van der Waals surface area contributed by atoms with Crippen LogP contribution in [0.5, 0.6) is 11.8 Å². The number of aryl methyl sites for hydroxylation is 1. The predicted octanol–water partition coefficient (Wildman–Crippen LogP) is 1.96. The molecule has 2 aromatic heterocycles. The summed E-state index contributed by atoms with van der Waals surface area (Å²) >= 11 is 0. The summed E-state index contributed by atoms with van der Waals surface area (Å²) in [7, 11) is 4.93. The Labute approximate surface area is 118 Å². The highest BCUT2D eigenvalue weighted by molar-refractivity contribution is 5.31. The summed E-state index contributed by atoms with van der Waals surface area (Å²) in [4.78, 5) is 8.61. The van der Waals surface area contributed by atoms with E-state index in [2.05, 4.69) is 15.3 Å². The molecule has 0 aliphatic rings. The van der Waals surface area contributed by atoms with Crippen LogP contribution in [-0.2, 0) is 6.42 Å². The Bertz CT molecular complexity index is 569. The molecule has 0 radical (unpaired) electrons. The van der Waals surface area contributed by atoms with E-state index in [1.807, 2.05) is 26.1 Å². The monoisotopic (exact) mass is 277 g/mol. The molecule has 2 heterocycles. The molecule has 0 spiro atoms. The number of furan rings is 1. The van der Waals surface area contributed by atoms with Crippen LogP contribution < -0.4 is 14.8 Å². The molecule has 0 aliphatic heterocycles. The van der Waals surface area contributed by atoms with Crippen LogP contribution in [0.25, 0.3) is 0 Å². The van der Waals surface area contributed by atoms with Gasteiger partial charge in [0, 0.05) is 6.42 Å². The molecular formula is C14H19N3O3. The molecule has 1 N–H and O–H groups in total. The third kappa shape index (κ3) is 2.75. The Kier molecular flexibility index (Phi) is 4.57. The Morgan fingerprint density at radius 3 is 2.65 bits per heavy atom. The van der Waals surface area contributed by atoms with E-state index in [1.165, 1.54) is 0 Å². The molecule has 1 unspecified atom stereocenters. The van der Waals surface area contributed by atoms with Crippen molar-refractivity contribution in [3.63, 3.8) is 0 Å². The van der Waals surface area contributed by atoms with Gasteiger partial charge >= 0.3 is 0 Å². The zero-order chi connectivity index (χ0) is 14.5. The maximum Gasteiger partial charge on any atom is 0.240 e. The zero-order valence-electron chi connectivity index (χ0n) is 12.1. The first kappa shape index (κ1) is 14.3. The van der Waals surface area contributed by atoms with Gasteiger partial charge in [0.05, 0.1) is 20.4 Å². The Hall–Kier alpha value is -2.08. The molecule has 0 amide bonds. The number of methoxy groups -OCH3 is 2. The van der Waals surface area contributed by atoms with Crippen LogP contribution >= 0.6 is 0 Å². The van der Waals surface area contributed by atoms with E-state index in [9.17, 15) is 0 Å². The summed E-state index contributed by atoms with van der Waals surface area (Å²) in [5.74, 6) is 2.54. The minimum Gasteiger partial charge on any atom is -0.480 e. The highest BCUT2D eigenvalue weighted by Gasteiger charge is 2.23. The van der Waals surface area contributed by atoms with Gasteiger partial charge in [0.15, 0.2) is 0 Å². The fourth-order valence-corrected chi connectivity index (χ4v) is 1.97. The number of nitrogens with zero attached hydrogens (tertiary/aromatic N) is 2. The van der Waals surface area contributed by atoms with Crippen LogP contribution in [0.15, 0.2) is 22.7 Å². The van der Waals surface area contributed by atoms with Gasteiger partial charge in [0.1, 0.15) is 23.3 Å². The second kappa shape index (κ2) is 6.38. The highest BCUT2D eigenvalue weighted by atomic mass is 16.5. The Balaban J connectivity index is 2.40. The van der Waals surface area contributed by atoms with Crippen molar-refractivity contribution in [2.45, 2.75) is 19.4 Å². The van der Waals surface area contributed by atoms with E-state index in [1.54, 1.807) is 20.4 Å². The molecule has 0 fully saturated rings. The lowest BCUT2D eigenvalue weighted by Crippen LogP contribution is -2.19. The van der Waals surface area contributed by atoms with Gasteiger partial charge in [-0.3, -0.25) is 0 Å². The molecular weight excluding hydrogens is 258 g/mol. The van der Waals surface area contributed by atoms with Gasteiger partial charge in [-0.25, -0.2) is 4.98 Å². The van der Waals surface area contributed by atoms with Gasteiger partial charge in [-0.05, 0) is 19.2 Å². The van der Waals surface area contributed by atoms with Crippen LogP contribution in [0.1, 0.15) is 30.2 Å². The van der Waals surface area contributed by atoms with E-state index in [4.69, 9.17) is 13.9 Å². The first-order valence-corrected chi connectivity index (χ1v) is 6.44. The lowest BCUT2D eigenvalue weighted by molar-refractivity contribution is 0.348. The summed E-state index contributed by atoms with van der Waals surface area (Å²) < 4.78 is 16.1. The maximum absolute atomic E-state index is 5.78. The number of nitrogens with one attached hydrogen (secondary N) is 1. The van der Waals surface area contributed by atoms with Crippen LogP contribution in [-0.4, -0.2) is 31.2 Å². The van der Waals surface area contributed by atoms with Crippen molar-refractivity contribution in [3.05, 3.63) is 35.5 Å². The number of hydrogen-bond acceptors (Lipinski definition) is 6. The van der Waals surface area contributed by atoms with E-state index < -0.39 is 0 Å². The topological polar surface area (TPSA) is 69.4 Å². The summed E-state index contributed by atoms with van der Waals surface area (Å²) in [6.07, 6.45) is 2.41. The van der Waals surface area contributed by atoms with Crippen molar-refractivity contribution in [1.82, 2.24) is 15.3 Å². The van der Waals surface area contributed by atoms with Crippen molar-refractivity contribution >= 4 is 0 Å². The fraction of sp³-hybridized carbons (Fsp3) is 0.429. The third-order valence-electron chi connectivity index (χ3n) is 3.02. The van der Waals surface area contributed by atoms with Crippen LogP contribution in [0.4, 0.5) is 0 Å². The van der Waals surface area contributed by atoms with Crippen LogP contribution in [0.2, 0.25) is 0 Å². The van der Waals surface area contributed by atoms with E-state index in [0.29, 0.717) is 17.5 Å². The normalized spacial score (nSPS) is 12.2. The number of ether oxygens (including phenoxy) is 2. The molecule has 108 valence electrons. The number of aromatic nitrogens is 2. The molecule has 6 nitrogen and oxygen atoms in total. The molecule has 20 heavy (non-hydrogen) atoms. The summed E-state index contributed by atoms with van der Waals surface area (Å²) in [6.45, 7) is 2.05. The Morgan fingerprint density at radius 2 is 2.10 bits per heavy atom. The van der Waals surface area contributed by atoms with Gasteiger partial charge in [-0.1, -0.05) is 6.92 Å². The standard InChI is InChI=1S/C14H19N3O3/c1-5-9-6-7-10(20-9)12(15-2)13-14(19-4)17-11(18-3)8-16-13/h6-8,12,15H,5H2,1-4H3. The molecule has 0 saturated heterocycles. The molecule has 0 aromatic carbocycles. The lowest BCUT2D eigenvalue weighted by Gasteiger charge is -2.16. The molecule has 2 aromatic rings. The average molecular weight is 277 g/mol. The minimum atomic E-state index is -0.219. The van der Waals surface area contributed by atoms with Crippen molar-refractivity contribution in [2.75, 3.05) is 21.3 Å². The van der Waals surface area contributed by atoms with Crippen LogP contribution in [0.3, 0.4) is 0 Å². The zero-order valence-corrected chi connectivity index (χ0v) is 12.1. The van der Waals surface area contributed by atoms with E-state index in [0.717, 1.165) is 17.9 Å². The molecule has 0 aliphatic carbocycles. The summed E-state index contributed by atoms with van der Waals surface area (Å²) in [6, 6.07) is 3.68. The molecule has 6 heteroatoms. The molecule has 2 rings (SSSR count). The average Bonchev–Trinajstić information content (AvgIpc) is 2.97. The minimum absolute atomic E-state index is 0.219. The van der Waals surface area contributed by atoms with E-state index >= 15 is 0 Å². The second-order valence-electron chi connectivity index (χ2n) is 4.19. The molecule has 1 atom stereocenters. The SMILES string of the molecule is CCc1ccc(C(NC)c2ncc(OC)nc2OC)o1. The van der Waals surface area contributed by atoms with Crippen molar-refractivity contribution < 1.29 is 13.9 Å². The highest BCUT2D eigenvalue weighted by Crippen LogP contribution is 2.29. The summed E-state index contributed by atoms with van der Waals surface area (Å²) in [5.41, 5.74) is 0.660. The Morgan fingerprint density at radius 1 is 1.30 bits per heavy atom. The first-order chi connectivity index (χ1) is 9.73. The van der Waals surface area contributed by atoms with Crippen molar-refractivity contribution in [1.29, 1.82) is 0 Å². The first-order valence-electron chi connectivity index (χ1n) is 6.44. The van der Waals surface area contributed by atoms with E-state index in [-0.39, 0.29) is 6.04 Å². The predicted molar refractivity (Wildman–Crippen MR) is 74.1 cm³/mol. The third-order valence-corrected chi connectivity index (χ3v) is 3.02.